The van der Waals surface area contributed by atoms with E-state index in [2.05, 4.69) is 0 Å². The molecule has 1 aromatic carbocycles. The summed E-state index contributed by atoms with van der Waals surface area (Å²) in [5.41, 5.74) is 0. The zero-order valence-electron chi connectivity index (χ0n) is 8.53. The van der Waals surface area contributed by atoms with E-state index in [4.69, 9.17) is 15.4 Å². The van der Waals surface area contributed by atoms with Crippen molar-refractivity contribution in [1.29, 1.82) is 0 Å². The lowest BCUT2D eigenvalue weighted by molar-refractivity contribution is 0.297. The van der Waals surface area contributed by atoms with Crippen molar-refractivity contribution in [3.63, 3.8) is 0 Å². The minimum atomic E-state index is -3.68. The van der Waals surface area contributed by atoms with Gasteiger partial charge in [-0.25, -0.2) is 8.42 Å². The second-order valence-corrected chi connectivity index (χ2v) is 5.72. The summed E-state index contributed by atoms with van der Waals surface area (Å²) in [7, 11) is 1.46. The first-order chi connectivity index (χ1) is 7.54. The summed E-state index contributed by atoms with van der Waals surface area (Å²) in [4.78, 5) is 0.0327. The van der Waals surface area contributed by atoms with Crippen molar-refractivity contribution >= 4 is 19.7 Å². The number of halogens is 2. The Bertz CT molecular complexity index is 416. The van der Waals surface area contributed by atoms with E-state index in [1.165, 1.54) is 24.3 Å². The second-order valence-electron chi connectivity index (χ2n) is 3.15. The van der Waals surface area contributed by atoms with Gasteiger partial charge in [0, 0.05) is 10.7 Å². The van der Waals surface area contributed by atoms with E-state index in [9.17, 15) is 12.8 Å². The van der Waals surface area contributed by atoms with Gasteiger partial charge in [0.1, 0.15) is 5.75 Å². The van der Waals surface area contributed by atoms with Crippen molar-refractivity contribution in [3.8, 4) is 5.75 Å². The molecule has 0 radical (unpaired) electrons. The van der Waals surface area contributed by atoms with E-state index < -0.39 is 9.05 Å². The Morgan fingerprint density at radius 3 is 2.31 bits per heavy atom. The molecule has 0 aliphatic heterocycles. The molecule has 0 aliphatic carbocycles. The summed E-state index contributed by atoms with van der Waals surface area (Å²) in [6.45, 7) is 0.0592. The molecule has 0 atom stereocenters. The second kappa shape index (κ2) is 6.06. The number of hydrogen-bond donors (Lipinski definition) is 0. The van der Waals surface area contributed by atoms with Gasteiger partial charge in [0.2, 0.25) is 0 Å². The largest absolute Gasteiger partial charge is 0.494 e. The Kier molecular flexibility index (Phi) is 5.02. The smallest absolute Gasteiger partial charge is 0.261 e. The van der Waals surface area contributed by atoms with Crippen LogP contribution in [0.2, 0.25) is 0 Å². The van der Waals surface area contributed by atoms with Gasteiger partial charge < -0.3 is 4.74 Å². The molecule has 90 valence electrons. The molecule has 0 saturated heterocycles. The molecule has 0 aliphatic rings. The van der Waals surface area contributed by atoms with Crippen LogP contribution in [0.1, 0.15) is 12.8 Å². The van der Waals surface area contributed by atoms with E-state index in [1.54, 1.807) is 0 Å². The summed E-state index contributed by atoms with van der Waals surface area (Å²) in [6, 6.07) is 5.77. The molecule has 0 unspecified atom stereocenters. The standard InChI is InChI=1S/C10H12ClFO3S/c11-16(13,14)10-5-3-9(4-6-10)15-8-2-1-7-12/h3-6H,1-2,7-8H2. The lowest BCUT2D eigenvalue weighted by Gasteiger charge is -2.05. The molecule has 3 nitrogen and oxygen atoms in total. The van der Waals surface area contributed by atoms with Crippen LogP contribution < -0.4 is 4.74 Å². The number of rotatable bonds is 6. The third kappa shape index (κ3) is 4.37. The van der Waals surface area contributed by atoms with Gasteiger partial charge in [-0.2, -0.15) is 0 Å². The number of unbranched alkanes of at least 4 members (excludes halogenated alkanes) is 1. The van der Waals surface area contributed by atoms with E-state index in [0.29, 0.717) is 25.2 Å². The fraction of sp³-hybridized carbons (Fsp3) is 0.400. The molecule has 0 spiro atoms. The van der Waals surface area contributed by atoms with Crippen LogP contribution in [-0.2, 0) is 9.05 Å². The molecule has 6 heteroatoms. The highest BCUT2D eigenvalue weighted by Gasteiger charge is 2.08. The summed E-state index contributed by atoms with van der Waals surface area (Å²) >= 11 is 0. The van der Waals surface area contributed by atoms with Gasteiger partial charge >= 0.3 is 0 Å². The maximum atomic E-state index is 11.8. The maximum absolute atomic E-state index is 11.8. The number of alkyl halides is 1. The minimum absolute atomic E-state index is 0.0327. The molecule has 16 heavy (non-hydrogen) atoms. The van der Waals surface area contributed by atoms with Crippen LogP contribution in [0.4, 0.5) is 4.39 Å². The average Bonchev–Trinajstić information content (AvgIpc) is 2.24. The van der Waals surface area contributed by atoms with Crippen LogP contribution in [0.15, 0.2) is 29.2 Å². The molecule has 0 heterocycles. The number of ether oxygens (including phenoxy) is 1. The Morgan fingerprint density at radius 2 is 1.81 bits per heavy atom. The fourth-order valence-corrected chi connectivity index (χ4v) is 1.85. The first-order valence-corrected chi connectivity index (χ1v) is 7.08. The lowest BCUT2D eigenvalue weighted by Crippen LogP contribution is -1.98. The number of hydrogen-bond acceptors (Lipinski definition) is 3. The van der Waals surface area contributed by atoms with Gasteiger partial charge in [0.05, 0.1) is 18.2 Å². The van der Waals surface area contributed by atoms with Crippen LogP contribution in [0.3, 0.4) is 0 Å². The molecule has 1 rings (SSSR count). The zero-order valence-corrected chi connectivity index (χ0v) is 10.1. The predicted molar refractivity (Wildman–Crippen MR) is 60.2 cm³/mol. The van der Waals surface area contributed by atoms with Crippen LogP contribution in [0, 0.1) is 0 Å². The quantitative estimate of drug-likeness (QED) is 0.587. The van der Waals surface area contributed by atoms with E-state index in [-0.39, 0.29) is 11.6 Å². The van der Waals surface area contributed by atoms with Gasteiger partial charge in [-0.05, 0) is 37.1 Å². The summed E-state index contributed by atoms with van der Waals surface area (Å²) in [5, 5.41) is 0. The highest BCUT2D eigenvalue weighted by molar-refractivity contribution is 8.13. The molecule has 0 bridgehead atoms. The van der Waals surface area contributed by atoms with Gasteiger partial charge in [-0.3, -0.25) is 4.39 Å². The van der Waals surface area contributed by atoms with Crippen LogP contribution in [-0.4, -0.2) is 21.7 Å². The van der Waals surface area contributed by atoms with Crippen LogP contribution in [0.5, 0.6) is 5.75 Å². The van der Waals surface area contributed by atoms with Gasteiger partial charge in [0.25, 0.3) is 9.05 Å². The zero-order chi connectivity index (χ0) is 12.0. The Morgan fingerprint density at radius 1 is 1.19 bits per heavy atom. The Balaban J connectivity index is 2.52. The molecule has 0 aromatic heterocycles. The van der Waals surface area contributed by atoms with Crippen molar-refractivity contribution in [2.24, 2.45) is 0 Å². The molecule has 0 N–H and O–H groups in total. The van der Waals surface area contributed by atoms with Crippen molar-refractivity contribution in [2.45, 2.75) is 17.7 Å². The SMILES string of the molecule is O=S(=O)(Cl)c1ccc(OCCCCF)cc1. The van der Waals surface area contributed by atoms with E-state index in [1.807, 2.05) is 0 Å². The average molecular weight is 267 g/mol. The van der Waals surface area contributed by atoms with Crippen molar-refractivity contribution < 1.29 is 17.5 Å². The molecular formula is C10H12ClFO3S. The molecule has 0 fully saturated rings. The summed E-state index contributed by atoms with van der Waals surface area (Å²) in [6.07, 6.45) is 1.10. The molecule has 0 saturated carbocycles. The highest BCUT2D eigenvalue weighted by Crippen LogP contribution is 2.19. The van der Waals surface area contributed by atoms with Gasteiger partial charge in [0.15, 0.2) is 0 Å². The lowest BCUT2D eigenvalue weighted by atomic mass is 10.3. The molecular weight excluding hydrogens is 255 g/mol. The molecule has 0 amide bonds. The fourth-order valence-electron chi connectivity index (χ4n) is 1.08. The van der Waals surface area contributed by atoms with E-state index >= 15 is 0 Å². The summed E-state index contributed by atoms with van der Waals surface area (Å²) in [5.74, 6) is 0.544. The van der Waals surface area contributed by atoms with Crippen molar-refractivity contribution in [2.75, 3.05) is 13.3 Å². The van der Waals surface area contributed by atoms with E-state index in [0.717, 1.165) is 0 Å². The maximum Gasteiger partial charge on any atom is 0.261 e. The Labute approximate surface area is 98.6 Å². The Hall–Kier alpha value is -0.810. The van der Waals surface area contributed by atoms with Gasteiger partial charge in [-0.1, -0.05) is 0 Å². The van der Waals surface area contributed by atoms with Gasteiger partial charge in [-0.15, -0.1) is 0 Å². The van der Waals surface area contributed by atoms with Crippen LogP contribution in [0.25, 0.3) is 0 Å². The first-order valence-electron chi connectivity index (χ1n) is 4.77. The third-order valence-corrected chi connectivity index (χ3v) is 3.27. The molecule has 1 aromatic rings. The van der Waals surface area contributed by atoms with Crippen LogP contribution >= 0.6 is 10.7 Å². The highest BCUT2D eigenvalue weighted by atomic mass is 35.7. The van der Waals surface area contributed by atoms with Crippen molar-refractivity contribution in [1.82, 2.24) is 0 Å². The summed E-state index contributed by atoms with van der Waals surface area (Å²) < 4.78 is 38.9. The minimum Gasteiger partial charge on any atom is -0.494 e. The van der Waals surface area contributed by atoms with Crippen molar-refractivity contribution in [3.05, 3.63) is 24.3 Å². The number of benzene rings is 1. The topological polar surface area (TPSA) is 43.4 Å². The monoisotopic (exact) mass is 266 g/mol. The third-order valence-electron chi connectivity index (χ3n) is 1.90. The predicted octanol–water partition coefficient (Wildman–Crippen LogP) is 2.74. The normalized spacial score (nSPS) is 11.4. The first kappa shape index (κ1) is 13.3.